The van der Waals surface area contributed by atoms with E-state index in [2.05, 4.69) is 39.6 Å². The molecule has 1 nitrogen and oxygen atoms in total. The van der Waals surface area contributed by atoms with Gasteiger partial charge in [-0.3, -0.25) is 0 Å². The molecule has 0 aliphatic carbocycles. The van der Waals surface area contributed by atoms with Gasteiger partial charge in [0.25, 0.3) is 0 Å². The smallest absolute Gasteiger partial charge is 0.0233 e. The maximum atomic E-state index is 4.00. The first kappa shape index (κ1) is 11.8. The largest absolute Gasteiger partial charge is 0.311 e. The topological polar surface area (TPSA) is 12.0 Å². The minimum absolute atomic E-state index is 0.353. The fraction of sp³-hybridized carbons (Fsp3) is 0.846. The molecule has 0 bridgehead atoms. The standard InChI is InChI=1S/C13H25N/c1-11(2)7-9-13(12(3,4)5)8-6-10-14-13/h14H,1,6-10H2,2-5H3. The highest BCUT2D eigenvalue weighted by molar-refractivity contribution is 5.04. The van der Waals surface area contributed by atoms with Gasteiger partial charge in [-0.25, -0.2) is 0 Å². The minimum atomic E-state index is 0.353. The number of hydrogen-bond acceptors (Lipinski definition) is 1. The van der Waals surface area contributed by atoms with Crippen molar-refractivity contribution in [1.82, 2.24) is 5.32 Å². The molecule has 1 aliphatic rings. The molecule has 1 atom stereocenters. The van der Waals surface area contributed by atoms with Gasteiger partial charge in [0, 0.05) is 5.54 Å². The number of hydrogen-bond donors (Lipinski definition) is 1. The van der Waals surface area contributed by atoms with E-state index in [0.29, 0.717) is 11.0 Å². The lowest BCUT2D eigenvalue weighted by Crippen LogP contribution is -2.50. The van der Waals surface area contributed by atoms with Crippen molar-refractivity contribution in [1.29, 1.82) is 0 Å². The van der Waals surface area contributed by atoms with Crippen LogP contribution in [-0.2, 0) is 0 Å². The average molecular weight is 195 g/mol. The highest BCUT2D eigenvalue weighted by Gasteiger charge is 2.42. The normalized spacial score (nSPS) is 28.0. The highest BCUT2D eigenvalue weighted by atomic mass is 15.0. The van der Waals surface area contributed by atoms with Gasteiger partial charge < -0.3 is 5.32 Å². The van der Waals surface area contributed by atoms with E-state index in [0.717, 1.165) is 6.42 Å². The summed E-state index contributed by atoms with van der Waals surface area (Å²) in [5.74, 6) is 0. The second-order valence-corrected chi connectivity index (χ2v) is 5.82. The van der Waals surface area contributed by atoms with Crippen molar-refractivity contribution in [2.24, 2.45) is 5.41 Å². The molecule has 1 aliphatic heterocycles. The summed E-state index contributed by atoms with van der Waals surface area (Å²) in [6, 6.07) is 0. The Hall–Kier alpha value is -0.300. The summed E-state index contributed by atoms with van der Waals surface area (Å²) in [7, 11) is 0. The van der Waals surface area contributed by atoms with Crippen molar-refractivity contribution in [2.45, 2.75) is 58.9 Å². The summed E-state index contributed by atoms with van der Waals surface area (Å²) in [5, 5.41) is 3.72. The Balaban J connectivity index is 2.67. The van der Waals surface area contributed by atoms with Crippen molar-refractivity contribution in [3.63, 3.8) is 0 Å². The molecule has 1 fully saturated rings. The third-order valence-corrected chi connectivity index (χ3v) is 3.66. The van der Waals surface area contributed by atoms with Crippen molar-refractivity contribution in [3.05, 3.63) is 12.2 Å². The van der Waals surface area contributed by atoms with Gasteiger partial charge in [0.05, 0.1) is 0 Å². The molecular formula is C13H25N. The van der Waals surface area contributed by atoms with Gasteiger partial charge in [0.1, 0.15) is 0 Å². The third kappa shape index (κ3) is 2.38. The third-order valence-electron chi connectivity index (χ3n) is 3.66. The summed E-state index contributed by atoms with van der Waals surface area (Å²) in [6.07, 6.45) is 5.05. The van der Waals surface area contributed by atoms with Gasteiger partial charge in [0.15, 0.2) is 0 Å². The summed E-state index contributed by atoms with van der Waals surface area (Å²) >= 11 is 0. The lowest BCUT2D eigenvalue weighted by atomic mass is 9.70. The molecule has 1 unspecified atom stereocenters. The Kier molecular flexibility index (Phi) is 3.41. The molecule has 14 heavy (non-hydrogen) atoms. The van der Waals surface area contributed by atoms with Crippen LogP contribution in [-0.4, -0.2) is 12.1 Å². The molecule has 1 saturated heterocycles. The summed E-state index contributed by atoms with van der Waals surface area (Å²) in [6.45, 7) is 14.4. The van der Waals surface area contributed by atoms with Crippen molar-refractivity contribution >= 4 is 0 Å². The van der Waals surface area contributed by atoms with E-state index >= 15 is 0 Å². The zero-order valence-corrected chi connectivity index (χ0v) is 10.2. The fourth-order valence-corrected chi connectivity index (χ4v) is 2.46. The van der Waals surface area contributed by atoms with Gasteiger partial charge in [-0.05, 0) is 44.6 Å². The molecule has 1 N–H and O–H groups in total. The Morgan fingerprint density at radius 2 is 2.07 bits per heavy atom. The van der Waals surface area contributed by atoms with E-state index in [9.17, 15) is 0 Å². The lowest BCUT2D eigenvalue weighted by Gasteiger charge is -2.42. The molecule has 0 amide bonds. The van der Waals surface area contributed by atoms with E-state index in [-0.39, 0.29) is 0 Å². The Labute approximate surface area is 89.0 Å². The van der Waals surface area contributed by atoms with Crippen LogP contribution in [0.4, 0.5) is 0 Å². The fourth-order valence-electron chi connectivity index (χ4n) is 2.46. The second kappa shape index (κ2) is 4.06. The second-order valence-electron chi connectivity index (χ2n) is 5.82. The summed E-state index contributed by atoms with van der Waals surface area (Å²) in [5.41, 5.74) is 2.02. The number of nitrogens with one attached hydrogen (secondary N) is 1. The number of allylic oxidation sites excluding steroid dienone is 1. The molecular weight excluding hydrogens is 170 g/mol. The van der Waals surface area contributed by atoms with Gasteiger partial charge >= 0.3 is 0 Å². The van der Waals surface area contributed by atoms with E-state index in [1.807, 2.05) is 0 Å². The highest BCUT2D eigenvalue weighted by Crippen LogP contribution is 2.41. The molecule has 1 heterocycles. The maximum absolute atomic E-state index is 4.00. The molecule has 0 saturated carbocycles. The molecule has 0 aromatic heterocycles. The monoisotopic (exact) mass is 195 g/mol. The van der Waals surface area contributed by atoms with Crippen LogP contribution < -0.4 is 5.32 Å². The molecule has 1 heteroatoms. The Morgan fingerprint density at radius 1 is 1.43 bits per heavy atom. The first-order valence-electron chi connectivity index (χ1n) is 5.77. The van der Waals surface area contributed by atoms with Crippen LogP contribution in [0, 0.1) is 5.41 Å². The van der Waals surface area contributed by atoms with Gasteiger partial charge in [-0.15, -0.1) is 6.58 Å². The Bertz CT molecular complexity index is 204. The van der Waals surface area contributed by atoms with E-state index in [4.69, 9.17) is 0 Å². The zero-order valence-electron chi connectivity index (χ0n) is 10.2. The molecule has 0 aromatic rings. The van der Waals surface area contributed by atoms with Crippen molar-refractivity contribution < 1.29 is 0 Å². The molecule has 0 spiro atoms. The molecule has 0 aromatic carbocycles. The van der Waals surface area contributed by atoms with Crippen LogP contribution in [0.3, 0.4) is 0 Å². The lowest BCUT2D eigenvalue weighted by molar-refractivity contribution is 0.148. The van der Waals surface area contributed by atoms with Crippen LogP contribution >= 0.6 is 0 Å². The predicted octanol–water partition coefficient (Wildman–Crippen LogP) is 3.51. The zero-order chi connectivity index (χ0) is 10.8. The maximum Gasteiger partial charge on any atom is 0.0233 e. The van der Waals surface area contributed by atoms with E-state index in [1.54, 1.807) is 0 Å². The van der Waals surface area contributed by atoms with Gasteiger partial charge in [-0.2, -0.15) is 0 Å². The van der Waals surface area contributed by atoms with E-state index < -0.39 is 0 Å². The van der Waals surface area contributed by atoms with Crippen LogP contribution in [0.2, 0.25) is 0 Å². The first-order valence-corrected chi connectivity index (χ1v) is 5.77. The van der Waals surface area contributed by atoms with Gasteiger partial charge in [0.2, 0.25) is 0 Å². The molecule has 0 radical (unpaired) electrons. The van der Waals surface area contributed by atoms with Crippen molar-refractivity contribution in [2.75, 3.05) is 6.54 Å². The minimum Gasteiger partial charge on any atom is -0.311 e. The molecule has 1 rings (SSSR count). The summed E-state index contributed by atoms with van der Waals surface area (Å²) < 4.78 is 0. The van der Waals surface area contributed by atoms with Crippen LogP contribution in [0.1, 0.15) is 53.4 Å². The van der Waals surface area contributed by atoms with Crippen LogP contribution in [0.5, 0.6) is 0 Å². The Morgan fingerprint density at radius 3 is 2.43 bits per heavy atom. The van der Waals surface area contributed by atoms with Crippen LogP contribution in [0.25, 0.3) is 0 Å². The predicted molar refractivity (Wildman–Crippen MR) is 63.5 cm³/mol. The average Bonchev–Trinajstić information content (AvgIpc) is 2.48. The SMILES string of the molecule is C=C(C)CCC1(C(C)(C)C)CCCN1. The van der Waals surface area contributed by atoms with Gasteiger partial charge in [-0.1, -0.05) is 26.3 Å². The molecule has 82 valence electrons. The van der Waals surface area contributed by atoms with E-state index in [1.165, 1.54) is 31.4 Å². The first-order chi connectivity index (χ1) is 6.37. The van der Waals surface area contributed by atoms with Crippen LogP contribution in [0.15, 0.2) is 12.2 Å². The quantitative estimate of drug-likeness (QED) is 0.680. The number of rotatable bonds is 3. The van der Waals surface area contributed by atoms with Crippen molar-refractivity contribution in [3.8, 4) is 0 Å². The summed E-state index contributed by atoms with van der Waals surface area (Å²) in [4.78, 5) is 0.